The van der Waals surface area contributed by atoms with Gasteiger partial charge in [-0.2, -0.15) is 11.8 Å². The van der Waals surface area contributed by atoms with Gasteiger partial charge in [-0.3, -0.25) is 0 Å². The van der Waals surface area contributed by atoms with Crippen molar-refractivity contribution in [1.82, 2.24) is 4.98 Å². The van der Waals surface area contributed by atoms with Crippen LogP contribution in [0.15, 0.2) is 24.9 Å². The van der Waals surface area contributed by atoms with Crippen molar-refractivity contribution in [3.05, 3.63) is 36.0 Å². The molecule has 0 spiro atoms. The van der Waals surface area contributed by atoms with Crippen LogP contribution >= 0.6 is 11.8 Å². The normalized spacial score (nSPS) is 9.94. The Morgan fingerprint density at radius 3 is 3.12 bits per heavy atom. The lowest BCUT2D eigenvalue weighted by Gasteiger charge is -2.09. The minimum Gasteiger partial charge on any atom is -0.478 e. The van der Waals surface area contributed by atoms with Crippen molar-refractivity contribution in [2.75, 3.05) is 23.4 Å². The van der Waals surface area contributed by atoms with Crippen LogP contribution in [0.5, 0.6) is 0 Å². The van der Waals surface area contributed by atoms with E-state index >= 15 is 0 Å². The van der Waals surface area contributed by atoms with E-state index in [1.165, 1.54) is 0 Å². The molecule has 0 aliphatic heterocycles. The Morgan fingerprint density at radius 1 is 1.71 bits per heavy atom. The highest BCUT2D eigenvalue weighted by atomic mass is 32.2. The average molecular weight is 252 g/mol. The highest BCUT2D eigenvalue weighted by Crippen LogP contribution is 2.16. The van der Waals surface area contributed by atoms with Gasteiger partial charge in [0.25, 0.3) is 0 Å². The monoisotopic (exact) mass is 252 g/mol. The number of aromatic carboxylic acids is 1. The standard InChI is InChI=1S/C12H16N2O2S/c1-3-7-17-8-6-14-11-10(12(15)16)9(2)4-5-13-11/h3-5H,1,6-8H2,2H3,(H,13,14)(H,15,16). The number of carboxylic acids is 1. The van der Waals surface area contributed by atoms with Crippen LogP contribution in [-0.4, -0.2) is 34.1 Å². The third-order valence-corrected chi connectivity index (χ3v) is 3.11. The molecule has 0 bridgehead atoms. The summed E-state index contributed by atoms with van der Waals surface area (Å²) < 4.78 is 0. The molecule has 0 amide bonds. The van der Waals surface area contributed by atoms with E-state index in [9.17, 15) is 4.79 Å². The van der Waals surface area contributed by atoms with Crippen molar-refractivity contribution in [3.8, 4) is 0 Å². The molecule has 0 aliphatic carbocycles. The van der Waals surface area contributed by atoms with Crippen molar-refractivity contribution in [2.45, 2.75) is 6.92 Å². The molecule has 0 saturated heterocycles. The van der Waals surface area contributed by atoms with Crippen LogP contribution in [0.2, 0.25) is 0 Å². The van der Waals surface area contributed by atoms with Crippen LogP contribution in [-0.2, 0) is 0 Å². The average Bonchev–Trinajstić information content (AvgIpc) is 2.28. The van der Waals surface area contributed by atoms with Gasteiger partial charge in [0.05, 0.1) is 0 Å². The maximum absolute atomic E-state index is 11.1. The van der Waals surface area contributed by atoms with E-state index < -0.39 is 5.97 Å². The molecule has 0 aromatic carbocycles. The van der Waals surface area contributed by atoms with Gasteiger partial charge in [0.15, 0.2) is 0 Å². The van der Waals surface area contributed by atoms with Gasteiger partial charge in [-0.1, -0.05) is 6.08 Å². The third-order valence-electron chi connectivity index (χ3n) is 2.15. The molecular weight excluding hydrogens is 236 g/mol. The van der Waals surface area contributed by atoms with E-state index in [4.69, 9.17) is 5.11 Å². The summed E-state index contributed by atoms with van der Waals surface area (Å²) in [5.74, 6) is 1.28. The van der Waals surface area contributed by atoms with Gasteiger partial charge in [-0.15, -0.1) is 6.58 Å². The maximum atomic E-state index is 11.1. The Hall–Kier alpha value is -1.49. The molecule has 1 heterocycles. The Labute approximate surface area is 105 Å². The fourth-order valence-electron chi connectivity index (χ4n) is 1.37. The molecule has 0 unspecified atom stereocenters. The molecule has 1 aromatic rings. The predicted octanol–water partition coefficient (Wildman–Crippen LogP) is 2.42. The first kappa shape index (κ1) is 13.6. The highest BCUT2D eigenvalue weighted by molar-refractivity contribution is 7.99. The lowest BCUT2D eigenvalue weighted by Crippen LogP contribution is -2.12. The summed E-state index contributed by atoms with van der Waals surface area (Å²) in [6.45, 7) is 6.09. The molecule has 0 saturated carbocycles. The first-order valence-electron chi connectivity index (χ1n) is 5.28. The first-order valence-corrected chi connectivity index (χ1v) is 6.43. The summed E-state index contributed by atoms with van der Waals surface area (Å²) >= 11 is 1.74. The molecule has 0 radical (unpaired) electrons. The number of pyridine rings is 1. The largest absolute Gasteiger partial charge is 0.478 e. The minimum absolute atomic E-state index is 0.251. The Bertz CT molecular complexity index is 407. The Balaban J connectivity index is 2.61. The number of aryl methyl sites for hydroxylation is 1. The minimum atomic E-state index is -0.947. The van der Waals surface area contributed by atoms with Gasteiger partial charge >= 0.3 is 5.97 Å². The molecule has 0 aliphatic rings. The van der Waals surface area contributed by atoms with Crippen LogP contribution in [0, 0.1) is 6.92 Å². The first-order chi connectivity index (χ1) is 8.16. The van der Waals surface area contributed by atoms with Crippen LogP contribution in [0.25, 0.3) is 0 Å². The second-order valence-electron chi connectivity index (χ2n) is 3.45. The van der Waals surface area contributed by atoms with Crippen molar-refractivity contribution >= 4 is 23.5 Å². The fourth-order valence-corrected chi connectivity index (χ4v) is 1.95. The molecule has 1 aromatic heterocycles. The Kier molecular flexibility index (Phi) is 5.56. The number of carbonyl (C=O) groups is 1. The summed E-state index contributed by atoms with van der Waals surface area (Å²) in [4.78, 5) is 15.1. The molecule has 2 N–H and O–H groups in total. The third kappa shape index (κ3) is 4.11. The molecule has 5 heteroatoms. The number of hydrogen-bond acceptors (Lipinski definition) is 4. The molecule has 92 valence electrons. The molecule has 17 heavy (non-hydrogen) atoms. The van der Waals surface area contributed by atoms with Gasteiger partial charge in [-0.05, 0) is 18.6 Å². The lowest BCUT2D eigenvalue weighted by atomic mass is 10.1. The van der Waals surface area contributed by atoms with Gasteiger partial charge < -0.3 is 10.4 Å². The van der Waals surface area contributed by atoms with Crippen molar-refractivity contribution < 1.29 is 9.90 Å². The number of rotatable bonds is 7. The van der Waals surface area contributed by atoms with Gasteiger partial charge in [0.2, 0.25) is 0 Å². The van der Waals surface area contributed by atoms with E-state index in [-0.39, 0.29) is 5.56 Å². The summed E-state index contributed by atoms with van der Waals surface area (Å²) in [6, 6.07) is 1.70. The highest BCUT2D eigenvalue weighted by Gasteiger charge is 2.13. The number of hydrogen-bond donors (Lipinski definition) is 2. The summed E-state index contributed by atoms with van der Waals surface area (Å²) in [6.07, 6.45) is 3.46. The van der Waals surface area contributed by atoms with Crippen LogP contribution in [0.3, 0.4) is 0 Å². The van der Waals surface area contributed by atoms with Crippen LogP contribution in [0.1, 0.15) is 15.9 Å². The van der Waals surface area contributed by atoms with E-state index in [2.05, 4.69) is 16.9 Å². The second kappa shape index (κ2) is 6.96. The van der Waals surface area contributed by atoms with Crippen molar-refractivity contribution in [1.29, 1.82) is 0 Å². The number of anilines is 1. The number of aromatic nitrogens is 1. The summed E-state index contributed by atoms with van der Waals surface area (Å²) in [7, 11) is 0. The topological polar surface area (TPSA) is 62.2 Å². The van der Waals surface area contributed by atoms with Crippen LogP contribution in [0.4, 0.5) is 5.82 Å². The molecular formula is C12H16N2O2S. The van der Waals surface area contributed by atoms with Gasteiger partial charge in [0, 0.05) is 24.2 Å². The van der Waals surface area contributed by atoms with Crippen LogP contribution < -0.4 is 5.32 Å². The quantitative estimate of drug-likeness (QED) is 0.576. The van der Waals surface area contributed by atoms with E-state index in [1.807, 2.05) is 6.08 Å². The van der Waals surface area contributed by atoms with E-state index in [0.29, 0.717) is 17.9 Å². The second-order valence-corrected chi connectivity index (χ2v) is 4.60. The molecule has 0 atom stereocenters. The SMILES string of the molecule is C=CCSCCNc1nccc(C)c1C(=O)O. The lowest BCUT2D eigenvalue weighted by molar-refractivity contribution is 0.0697. The molecule has 4 nitrogen and oxygen atoms in total. The zero-order valence-corrected chi connectivity index (χ0v) is 10.6. The van der Waals surface area contributed by atoms with E-state index in [0.717, 1.165) is 11.5 Å². The fraction of sp³-hybridized carbons (Fsp3) is 0.333. The molecule has 1 rings (SSSR count). The predicted molar refractivity (Wildman–Crippen MR) is 71.9 cm³/mol. The van der Waals surface area contributed by atoms with Crippen molar-refractivity contribution in [3.63, 3.8) is 0 Å². The zero-order chi connectivity index (χ0) is 12.7. The number of nitrogens with one attached hydrogen (secondary N) is 1. The Morgan fingerprint density at radius 2 is 2.47 bits per heavy atom. The molecule has 0 fully saturated rings. The maximum Gasteiger partial charge on any atom is 0.339 e. The number of nitrogens with zero attached hydrogens (tertiary/aromatic N) is 1. The number of thioether (sulfide) groups is 1. The number of carboxylic acid groups (broad SMARTS) is 1. The van der Waals surface area contributed by atoms with Gasteiger partial charge in [0.1, 0.15) is 11.4 Å². The summed E-state index contributed by atoms with van der Waals surface area (Å²) in [5, 5.41) is 12.1. The summed E-state index contributed by atoms with van der Waals surface area (Å²) in [5.41, 5.74) is 0.968. The zero-order valence-electron chi connectivity index (χ0n) is 9.77. The smallest absolute Gasteiger partial charge is 0.339 e. The van der Waals surface area contributed by atoms with E-state index in [1.54, 1.807) is 30.9 Å². The van der Waals surface area contributed by atoms with Crippen molar-refractivity contribution in [2.24, 2.45) is 0 Å². The van der Waals surface area contributed by atoms with Gasteiger partial charge in [-0.25, -0.2) is 9.78 Å².